The third kappa shape index (κ3) is 3.37. The molecule has 1 aromatic heterocycles. The van der Waals surface area contributed by atoms with E-state index in [4.69, 9.17) is 0 Å². The fraction of sp³-hybridized carbons (Fsp3) is 0.692. The highest BCUT2D eigenvalue weighted by Gasteiger charge is 2.36. The van der Waals surface area contributed by atoms with Crippen molar-refractivity contribution in [1.29, 1.82) is 0 Å². The molecule has 18 heavy (non-hydrogen) atoms. The molecule has 1 saturated carbocycles. The molecule has 1 heterocycles. The minimum atomic E-state index is -2.56. The molecule has 3 nitrogen and oxygen atoms in total. The zero-order valence-corrected chi connectivity index (χ0v) is 10.5. The molecule has 0 N–H and O–H groups in total. The van der Waals surface area contributed by atoms with E-state index < -0.39 is 5.92 Å². The van der Waals surface area contributed by atoms with Gasteiger partial charge >= 0.3 is 0 Å². The summed E-state index contributed by atoms with van der Waals surface area (Å²) in [5.41, 5.74) is 1.02. The van der Waals surface area contributed by atoms with Gasteiger partial charge in [-0.05, 0) is 24.8 Å². The second kappa shape index (κ2) is 5.16. The van der Waals surface area contributed by atoms with Crippen LogP contribution in [0.4, 0.5) is 8.78 Å². The first kappa shape index (κ1) is 13.2. The molecule has 1 aliphatic rings. The molecular formula is C13H18F2N2O. The lowest BCUT2D eigenvalue weighted by atomic mass is 9.83. The summed E-state index contributed by atoms with van der Waals surface area (Å²) in [5.74, 6) is -2.60. The largest absolute Gasteiger partial charge is 0.299 e. The summed E-state index contributed by atoms with van der Waals surface area (Å²) in [7, 11) is 1.83. The minimum Gasteiger partial charge on any atom is -0.299 e. The van der Waals surface area contributed by atoms with Crippen LogP contribution in [-0.4, -0.2) is 21.5 Å². The van der Waals surface area contributed by atoms with Gasteiger partial charge < -0.3 is 0 Å². The first-order valence-electron chi connectivity index (χ1n) is 6.34. The summed E-state index contributed by atoms with van der Waals surface area (Å²) >= 11 is 0. The van der Waals surface area contributed by atoms with Crippen molar-refractivity contribution in [2.75, 3.05) is 0 Å². The monoisotopic (exact) mass is 256 g/mol. The second-order valence-electron chi connectivity index (χ2n) is 5.12. The summed E-state index contributed by atoms with van der Waals surface area (Å²) in [6.45, 7) is 0. The maximum atomic E-state index is 13.0. The summed E-state index contributed by atoms with van der Waals surface area (Å²) in [5, 5.41) is 4.03. The lowest BCUT2D eigenvalue weighted by Gasteiger charge is -2.27. The fourth-order valence-corrected chi connectivity index (χ4v) is 2.43. The van der Waals surface area contributed by atoms with Crippen LogP contribution in [0.5, 0.6) is 0 Å². The van der Waals surface area contributed by atoms with Crippen LogP contribution in [-0.2, 0) is 18.3 Å². The minimum absolute atomic E-state index is 0.120. The lowest BCUT2D eigenvalue weighted by Crippen LogP contribution is -2.28. The quantitative estimate of drug-likeness (QED) is 0.830. The molecule has 100 valence electrons. The maximum Gasteiger partial charge on any atom is 0.248 e. The lowest BCUT2D eigenvalue weighted by molar-refractivity contribution is -0.126. The Morgan fingerprint density at radius 2 is 2.17 bits per heavy atom. The molecule has 1 aliphatic carbocycles. The van der Waals surface area contributed by atoms with Gasteiger partial charge in [0.2, 0.25) is 5.92 Å². The Kier molecular flexibility index (Phi) is 3.78. The van der Waals surface area contributed by atoms with E-state index in [1.54, 1.807) is 10.9 Å². The third-order valence-corrected chi connectivity index (χ3v) is 3.59. The number of carbonyl (C=O) groups excluding carboxylic acids is 1. The number of aryl methyl sites for hydroxylation is 2. The van der Waals surface area contributed by atoms with Gasteiger partial charge in [0.05, 0.1) is 6.20 Å². The molecule has 0 atom stereocenters. The Hall–Kier alpha value is -1.26. The second-order valence-corrected chi connectivity index (χ2v) is 5.12. The first-order chi connectivity index (χ1) is 8.46. The van der Waals surface area contributed by atoms with Crippen LogP contribution in [0.3, 0.4) is 0 Å². The SMILES string of the molecule is Cn1cc(CCC(=O)C2CCC(F)(F)CC2)cn1. The Morgan fingerprint density at radius 3 is 2.72 bits per heavy atom. The topological polar surface area (TPSA) is 34.9 Å². The molecule has 0 radical (unpaired) electrons. The Morgan fingerprint density at radius 1 is 1.50 bits per heavy atom. The molecule has 1 aromatic rings. The molecule has 1 fully saturated rings. The standard InChI is InChI=1S/C13H18F2N2O/c1-17-9-10(8-16-17)2-3-12(18)11-4-6-13(14,15)7-5-11/h8-9,11H,2-7H2,1H3. The summed E-state index contributed by atoms with van der Waals surface area (Å²) in [6.07, 6.45) is 5.08. The van der Waals surface area contributed by atoms with E-state index >= 15 is 0 Å². The summed E-state index contributed by atoms with van der Waals surface area (Å²) in [4.78, 5) is 11.9. The van der Waals surface area contributed by atoms with Crippen LogP contribution in [0, 0.1) is 5.92 Å². The van der Waals surface area contributed by atoms with Gasteiger partial charge in [0.15, 0.2) is 0 Å². The van der Waals surface area contributed by atoms with Gasteiger partial charge in [-0.3, -0.25) is 9.48 Å². The van der Waals surface area contributed by atoms with Crippen molar-refractivity contribution in [3.05, 3.63) is 18.0 Å². The van der Waals surface area contributed by atoms with E-state index in [1.165, 1.54) is 0 Å². The number of halogens is 2. The number of rotatable bonds is 4. The van der Waals surface area contributed by atoms with Crippen LogP contribution < -0.4 is 0 Å². The van der Waals surface area contributed by atoms with Crippen molar-refractivity contribution in [3.8, 4) is 0 Å². The number of nitrogens with zero attached hydrogens (tertiary/aromatic N) is 2. The van der Waals surface area contributed by atoms with E-state index in [9.17, 15) is 13.6 Å². The molecule has 2 rings (SSSR count). The van der Waals surface area contributed by atoms with Gasteiger partial charge in [-0.25, -0.2) is 8.78 Å². The van der Waals surface area contributed by atoms with Gasteiger partial charge in [0.1, 0.15) is 5.78 Å². The predicted octanol–water partition coefficient (Wildman–Crippen LogP) is 2.75. The Balaban J connectivity index is 1.79. The molecule has 0 aliphatic heterocycles. The van der Waals surface area contributed by atoms with Crippen LogP contribution in [0.2, 0.25) is 0 Å². The van der Waals surface area contributed by atoms with Crippen molar-refractivity contribution >= 4 is 5.78 Å². The van der Waals surface area contributed by atoms with Gasteiger partial charge in [-0.15, -0.1) is 0 Å². The van der Waals surface area contributed by atoms with Crippen molar-refractivity contribution in [1.82, 2.24) is 9.78 Å². The number of alkyl halides is 2. The van der Waals surface area contributed by atoms with Crippen LogP contribution in [0.1, 0.15) is 37.7 Å². The van der Waals surface area contributed by atoms with Gasteiger partial charge in [0.25, 0.3) is 0 Å². The molecule has 0 aromatic carbocycles. The van der Waals surface area contributed by atoms with Crippen LogP contribution >= 0.6 is 0 Å². The molecular weight excluding hydrogens is 238 g/mol. The number of aromatic nitrogens is 2. The molecule has 0 bridgehead atoms. The molecule has 0 spiro atoms. The molecule has 5 heteroatoms. The zero-order chi connectivity index (χ0) is 13.2. The van der Waals surface area contributed by atoms with Crippen molar-refractivity contribution in [2.45, 2.75) is 44.4 Å². The van der Waals surface area contributed by atoms with E-state index in [1.807, 2.05) is 13.2 Å². The fourth-order valence-electron chi connectivity index (χ4n) is 2.43. The normalized spacial score (nSPS) is 19.9. The average molecular weight is 256 g/mol. The highest BCUT2D eigenvalue weighted by molar-refractivity contribution is 5.81. The van der Waals surface area contributed by atoms with E-state index in [0.29, 0.717) is 25.7 Å². The van der Waals surface area contributed by atoms with Crippen LogP contribution in [0.25, 0.3) is 0 Å². The molecule has 0 saturated heterocycles. The number of Topliss-reactive ketones (excluding diaryl/α,β-unsaturated/α-hetero) is 1. The van der Waals surface area contributed by atoms with E-state index in [-0.39, 0.29) is 24.5 Å². The summed E-state index contributed by atoms with van der Waals surface area (Å²) in [6, 6.07) is 0. The smallest absolute Gasteiger partial charge is 0.248 e. The number of hydrogen-bond donors (Lipinski definition) is 0. The molecule has 0 unspecified atom stereocenters. The highest BCUT2D eigenvalue weighted by atomic mass is 19.3. The predicted molar refractivity (Wildman–Crippen MR) is 63.4 cm³/mol. The van der Waals surface area contributed by atoms with Gasteiger partial charge in [0, 0.05) is 38.4 Å². The average Bonchev–Trinajstić information content (AvgIpc) is 2.72. The Bertz CT molecular complexity index is 418. The van der Waals surface area contributed by atoms with Crippen molar-refractivity contribution in [3.63, 3.8) is 0 Å². The van der Waals surface area contributed by atoms with Crippen molar-refractivity contribution in [2.24, 2.45) is 13.0 Å². The number of hydrogen-bond acceptors (Lipinski definition) is 2. The van der Waals surface area contributed by atoms with E-state index in [2.05, 4.69) is 5.10 Å². The van der Waals surface area contributed by atoms with Crippen LogP contribution in [0.15, 0.2) is 12.4 Å². The number of carbonyl (C=O) groups is 1. The Labute approximate surface area is 105 Å². The zero-order valence-electron chi connectivity index (χ0n) is 10.5. The maximum absolute atomic E-state index is 13.0. The molecule has 0 amide bonds. The highest BCUT2D eigenvalue weighted by Crippen LogP contribution is 2.36. The van der Waals surface area contributed by atoms with Gasteiger partial charge in [-0.1, -0.05) is 0 Å². The summed E-state index contributed by atoms with van der Waals surface area (Å²) < 4.78 is 27.6. The van der Waals surface area contributed by atoms with E-state index in [0.717, 1.165) is 5.56 Å². The number of ketones is 1. The van der Waals surface area contributed by atoms with Gasteiger partial charge in [-0.2, -0.15) is 5.10 Å². The first-order valence-corrected chi connectivity index (χ1v) is 6.34. The van der Waals surface area contributed by atoms with Crippen molar-refractivity contribution < 1.29 is 13.6 Å². The third-order valence-electron chi connectivity index (χ3n) is 3.59.